The van der Waals surface area contributed by atoms with Crippen molar-refractivity contribution in [1.29, 1.82) is 0 Å². The van der Waals surface area contributed by atoms with Gasteiger partial charge in [0, 0.05) is 12.1 Å². The largest absolute Gasteiger partial charge is 0.332 e. The van der Waals surface area contributed by atoms with Crippen LogP contribution in [0.1, 0.15) is 27.7 Å². The number of ketones is 1. The summed E-state index contributed by atoms with van der Waals surface area (Å²) in [5.41, 5.74) is 0.743. The molecule has 0 N–H and O–H groups in total. The second kappa shape index (κ2) is 6.03. The molecule has 0 fully saturated rings. The van der Waals surface area contributed by atoms with Crippen molar-refractivity contribution in [2.24, 2.45) is 7.05 Å². The summed E-state index contributed by atoms with van der Waals surface area (Å²) in [5, 5.41) is 1.05. The van der Waals surface area contributed by atoms with Crippen LogP contribution < -0.4 is 11.2 Å². The number of thiophene rings is 1. The van der Waals surface area contributed by atoms with Gasteiger partial charge in [0.1, 0.15) is 4.83 Å². The van der Waals surface area contributed by atoms with Crippen LogP contribution in [-0.4, -0.2) is 14.9 Å². The molecule has 2 aromatic heterocycles. The summed E-state index contributed by atoms with van der Waals surface area (Å²) in [4.78, 5) is 37.9. The Morgan fingerprint density at radius 3 is 2.42 bits per heavy atom. The fourth-order valence-corrected chi connectivity index (χ4v) is 4.02. The lowest BCUT2D eigenvalue weighted by Crippen LogP contribution is -2.38. The molecule has 0 aliphatic carbocycles. The lowest BCUT2D eigenvalue weighted by Gasteiger charge is -2.10. The zero-order valence-electron chi connectivity index (χ0n) is 13.4. The third-order valence-electron chi connectivity index (χ3n) is 3.98. The van der Waals surface area contributed by atoms with Gasteiger partial charge in [-0.1, -0.05) is 23.7 Å². The van der Waals surface area contributed by atoms with Gasteiger partial charge in [-0.25, -0.2) is 4.79 Å². The maximum Gasteiger partial charge on any atom is 0.332 e. The van der Waals surface area contributed by atoms with Crippen molar-refractivity contribution in [3.8, 4) is 0 Å². The molecule has 0 atom stereocenters. The van der Waals surface area contributed by atoms with Crippen LogP contribution in [0.4, 0.5) is 0 Å². The molecule has 0 radical (unpaired) electrons. The average molecular weight is 363 g/mol. The van der Waals surface area contributed by atoms with E-state index in [9.17, 15) is 14.4 Å². The van der Waals surface area contributed by atoms with Gasteiger partial charge in [-0.05, 0) is 37.1 Å². The standard InChI is InChI=1S/C17H15ClN2O3S/c1-9-13-15(22)19(3)17(23)20(16(13)24-14(9)10(2)21)8-11-4-6-12(18)7-5-11/h4-7H,8H2,1-3H3. The highest BCUT2D eigenvalue weighted by molar-refractivity contribution is 7.20. The normalized spacial score (nSPS) is 11.2. The van der Waals surface area contributed by atoms with Gasteiger partial charge in [-0.2, -0.15) is 0 Å². The van der Waals surface area contributed by atoms with E-state index in [1.807, 2.05) is 12.1 Å². The number of hydrogen-bond acceptors (Lipinski definition) is 4. The zero-order chi connectivity index (χ0) is 17.6. The van der Waals surface area contributed by atoms with Gasteiger partial charge in [-0.3, -0.25) is 18.7 Å². The number of Topliss-reactive ketones (excluding diaryl/α,β-unsaturated/α-hetero) is 1. The number of aryl methyl sites for hydroxylation is 1. The van der Waals surface area contributed by atoms with Gasteiger partial charge < -0.3 is 0 Å². The first-order valence-corrected chi connectivity index (χ1v) is 8.49. The van der Waals surface area contributed by atoms with Gasteiger partial charge in [0.05, 0.1) is 16.8 Å². The van der Waals surface area contributed by atoms with Crippen molar-refractivity contribution in [3.05, 3.63) is 66.1 Å². The molecule has 124 valence electrons. The highest BCUT2D eigenvalue weighted by Gasteiger charge is 2.20. The Kier molecular flexibility index (Phi) is 4.19. The molecule has 3 aromatic rings. The molecule has 1 aromatic carbocycles. The average Bonchev–Trinajstić information content (AvgIpc) is 2.89. The number of fused-ring (bicyclic) bond motifs is 1. The van der Waals surface area contributed by atoms with Crippen LogP contribution in [0.2, 0.25) is 5.02 Å². The quantitative estimate of drug-likeness (QED) is 0.673. The molecule has 5 nitrogen and oxygen atoms in total. The van der Waals surface area contributed by atoms with Crippen LogP contribution in [0.15, 0.2) is 33.9 Å². The maximum atomic E-state index is 12.6. The number of nitrogens with zero attached hydrogens (tertiary/aromatic N) is 2. The Bertz CT molecular complexity index is 1070. The third-order valence-corrected chi connectivity index (χ3v) is 5.65. The summed E-state index contributed by atoms with van der Waals surface area (Å²) in [7, 11) is 1.45. The number of rotatable bonds is 3. The Balaban J connectivity index is 2.32. The maximum absolute atomic E-state index is 12.6. The molecule has 0 aliphatic heterocycles. The van der Waals surface area contributed by atoms with E-state index in [0.717, 1.165) is 10.1 Å². The molecule has 0 bridgehead atoms. The van der Waals surface area contributed by atoms with E-state index in [-0.39, 0.29) is 11.3 Å². The summed E-state index contributed by atoms with van der Waals surface area (Å²) >= 11 is 7.09. The van der Waals surface area contributed by atoms with Gasteiger partial charge >= 0.3 is 5.69 Å². The van der Waals surface area contributed by atoms with E-state index < -0.39 is 5.69 Å². The minimum atomic E-state index is -0.404. The van der Waals surface area contributed by atoms with Crippen LogP contribution in [0.3, 0.4) is 0 Å². The van der Waals surface area contributed by atoms with Crippen molar-refractivity contribution in [1.82, 2.24) is 9.13 Å². The Labute approximate surface area is 146 Å². The van der Waals surface area contributed by atoms with Gasteiger partial charge in [0.15, 0.2) is 5.78 Å². The fourth-order valence-electron chi connectivity index (χ4n) is 2.71. The van der Waals surface area contributed by atoms with Crippen LogP contribution in [-0.2, 0) is 13.6 Å². The first-order valence-electron chi connectivity index (χ1n) is 7.29. The van der Waals surface area contributed by atoms with Crippen molar-refractivity contribution in [3.63, 3.8) is 0 Å². The fraction of sp³-hybridized carbons (Fsp3) is 0.235. The second-order valence-corrected chi connectivity index (χ2v) is 7.09. The van der Waals surface area contributed by atoms with E-state index in [1.54, 1.807) is 19.1 Å². The highest BCUT2D eigenvalue weighted by Crippen LogP contribution is 2.28. The molecule has 0 saturated heterocycles. The van der Waals surface area contributed by atoms with E-state index in [4.69, 9.17) is 11.6 Å². The van der Waals surface area contributed by atoms with Crippen LogP contribution in [0, 0.1) is 6.92 Å². The van der Waals surface area contributed by atoms with Crippen molar-refractivity contribution in [2.45, 2.75) is 20.4 Å². The van der Waals surface area contributed by atoms with E-state index in [2.05, 4.69) is 0 Å². The third kappa shape index (κ3) is 2.61. The molecule has 0 unspecified atom stereocenters. The van der Waals surface area contributed by atoms with Crippen molar-refractivity contribution >= 4 is 38.9 Å². The van der Waals surface area contributed by atoms with Crippen molar-refractivity contribution in [2.75, 3.05) is 0 Å². The molecule has 0 amide bonds. The number of carbonyl (C=O) groups excluding carboxylic acids is 1. The molecule has 0 aliphatic rings. The van der Waals surface area contributed by atoms with Crippen molar-refractivity contribution < 1.29 is 4.79 Å². The number of carbonyl (C=O) groups is 1. The van der Waals surface area contributed by atoms with Gasteiger partial charge in [0.25, 0.3) is 5.56 Å². The summed E-state index contributed by atoms with van der Waals surface area (Å²) in [6.45, 7) is 3.51. The lowest BCUT2D eigenvalue weighted by atomic mass is 10.1. The van der Waals surface area contributed by atoms with E-state index in [0.29, 0.717) is 32.2 Å². The van der Waals surface area contributed by atoms with Crippen LogP contribution in [0.5, 0.6) is 0 Å². The minimum absolute atomic E-state index is 0.110. The molecule has 7 heteroatoms. The van der Waals surface area contributed by atoms with Gasteiger partial charge in [-0.15, -0.1) is 11.3 Å². The molecular weight excluding hydrogens is 348 g/mol. The lowest BCUT2D eigenvalue weighted by molar-refractivity contribution is 0.102. The molecule has 0 saturated carbocycles. The molecule has 24 heavy (non-hydrogen) atoms. The van der Waals surface area contributed by atoms with Crippen LogP contribution in [0.25, 0.3) is 10.2 Å². The monoisotopic (exact) mass is 362 g/mol. The Hall–Kier alpha value is -2.18. The molecular formula is C17H15ClN2O3S. The summed E-state index contributed by atoms with van der Waals surface area (Å²) < 4.78 is 2.62. The highest BCUT2D eigenvalue weighted by atomic mass is 35.5. The molecule has 2 heterocycles. The second-order valence-electron chi connectivity index (χ2n) is 5.65. The SMILES string of the molecule is CC(=O)c1sc2c(c1C)c(=O)n(C)c(=O)n2Cc1ccc(Cl)cc1. The number of benzene rings is 1. The smallest absolute Gasteiger partial charge is 0.294 e. The predicted octanol–water partition coefficient (Wildman–Crippen LogP) is 2.97. The first kappa shape index (κ1) is 16.7. The topological polar surface area (TPSA) is 61.1 Å². The minimum Gasteiger partial charge on any atom is -0.294 e. The Morgan fingerprint density at radius 2 is 1.83 bits per heavy atom. The number of halogens is 1. The summed E-state index contributed by atoms with van der Waals surface area (Å²) in [6.07, 6.45) is 0. The summed E-state index contributed by atoms with van der Waals surface area (Å²) in [5.74, 6) is -0.110. The summed E-state index contributed by atoms with van der Waals surface area (Å²) in [6, 6.07) is 7.17. The van der Waals surface area contributed by atoms with E-state index in [1.165, 1.54) is 29.9 Å². The van der Waals surface area contributed by atoms with Crippen LogP contribution >= 0.6 is 22.9 Å². The molecule has 3 rings (SSSR count). The predicted molar refractivity (Wildman–Crippen MR) is 96.6 cm³/mol. The number of hydrogen-bond donors (Lipinski definition) is 0. The van der Waals surface area contributed by atoms with E-state index >= 15 is 0 Å². The first-order chi connectivity index (χ1) is 11.3. The zero-order valence-corrected chi connectivity index (χ0v) is 15.0. The molecule has 0 spiro atoms. The number of aromatic nitrogens is 2. The van der Waals surface area contributed by atoms with Gasteiger partial charge in [0.2, 0.25) is 0 Å². The Morgan fingerprint density at radius 1 is 1.21 bits per heavy atom.